The number of aromatic nitrogens is 1. The van der Waals surface area contributed by atoms with Crippen molar-refractivity contribution < 1.29 is 0 Å². The summed E-state index contributed by atoms with van der Waals surface area (Å²) < 4.78 is 4.32. The Morgan fingerprint density at radius 3 is 2.94 bits per heavy atom. The minimum Gasteiger partial charge on any atom is -0.361 e. The fourth-order valence-electron chi connectivity index (χ4n) is 3.34. The molecule has 2 heterocycles. The van der Waals surface area contributed by atoms with Crippen molar-refractivity contribution in [3.8, 4) is 6.07 Å². The van der Waals surface area contributed by atoms with Crippen molar-refractivity contribution in [2.45, 2.75) is 32.2 Å². The summed E-state index contributed by atoms with van der Waals surface area (Å²) in [7, 11) is 0. The SMILES string of the molecule is Cc1nsc(N2CC3CCC(N)CC3C2)c1C#N. The average Bonchev–Trinajstić information content (AvgIpc) is 2.91. The number of aryl methyl sites for hydroxylation is 1. The lowest BCUT2D eigenvalue weighted by Crippen LogP contribution is -2.32. The third kappa shape index (κ3) is 1.90. The van der Waals surface area contributed by atoms with Gasteiger partial charge in [-0.25, -0.2) is 0 Å². The van der Waals surface area contributed by atoms with Crippen molar-refractivity contribution in [1.29, 1.82) is 5.26 Å². The van der Waals surface area contributed by atoms with Gasteiger partial charge in [0.2, 0.25) is 0 Å². The molecule has 1 saturated carbocycles. The molecule has 1 aliphatic heterocycles. The second-order valence-corrected chi connectivity index (χ2v) is 6.31. The zero-order valence-corrected chi connectivity index (χ0v) is 11.4. The maximum Gasteiger partial charge on any atom is 0.130 e. The molecule has 0 radical (unpaired) electrons. The molecule has 1 saturated heterocycles. The number of hydrogen-bond donors (Lipinski definition) is 1. The van der Waals surface area contributed by atoms with Gasteiger partial charge in [0.25, 0.3) is 0 Å². The number of nitriles is 1. The molecule has 18 heavy (non-hydrogen) atoms. The monoisotopic (exact) mass is 262 g/mol. The Hall–Kier alpha value is -1.12. The van der Waals surface area contributed by atoms with E-state index in [2.05, 4.69) is 15.3 Å². The van der Waals surface area contributed by atoms with E-state index in [1.54, 1.807) is 0 Å². The number of rotatable bonds is 1. The van der Waals surface area contributed by atoms with E-state index in [1.165, 1.54) is 18.0 Å². The lowest BCUT2D eigenvalue weighted by molar-refractivity contribution is 0.271. The quantitative estimate of drug-likeness (QED) is 0.839. The van der Waals surface area contributed by atoms with E-state index in [4.69, 9.17) is 5.73 Å². The molecule has 3 unspecified atom stereocenters. The van der Waals surface area contributed by atoms with E-state index in [9.17, 15) is 5.26 Å². The van der Waals surface area contributed by atoms with Gasteiger partial charge in [0, 0.05) is 19.1 Å². The first-order valence-corrected chi connectivity index (χ1v) is 7.33. The summed E-state index contributed by atoms with van der Waals surface area (Å²) in [6.07, 6.45) is 3.53. The first-order valence-electron chi connectivity index (χ1n) is 6.56. The van der Waals surface area contributed by atoms with Crippen LogP contribution in [0.15, 0.2) is 0 Å². The zero-order valence-electron chi connectivity index (χ0n) is 10.6. The number of nitrogens with zero attached hydrogens (tertiary/aromatic N) is 3. The van der Waals surface area contributed by atoms with Crippen LogP contribution in [-0.2, 0) is 0 Å². The minimum atomic E-state index is 0.379. The maximum absolute atomic E-state index is 9.22. The predicted octanol–water partition coefficient (Wildman–Crippen LogP) is 1.89. The zero-order chi connectivity index (χ0) is 12.7. The van der Waals surface area contributed by atoms with Gasteiger partial charge in [-0.3, -0.25) is 0 Å². The summed E-state index contributed by atoms with van der Waals surface area (Å²) in [5.74, 6) is 1.47. The highest BCUT2D eigenvalue weighted by molar-refractivity contribution is 7.10. The van der Waals surface area contributed by atoms with Gasteiger partial charge >= 0.3 is 0 Å². The molecule has 0 bridgehead atoms. The second kappa shape index (κ2) is 4.52. The predicted molar refractivity (Wildman–Crippen MR) is 72.6 cm³/mol. The van der Waals surface area contributed by atoms with Crippen molar-refractivity contribution >= 4 is 16.5 Å². The summed E-state index contributed by atoms with van der Waals surface area (Å²) >= 11 is 1.47. The van der Waals surface area contributed by atoms with Crippen molar-refractivity contribution in [3.05, 3.63) is 11.3 Å². The van der Waals surface area contributed by atoms with Gasteiger partial charge in [-0.2, -0.15) is 9.64 Å². The Labute approximate surface area is 112 Å². The average molecular weight is 262 g/mol. The van der Waals surface area contributed by atoms with E-state index in [0.717, 1.165) is 48.1 Å². The van der Waals surface area contributed by atoms with Gasteiger partial charge in [-0.1, -0.05) is 0 Å². The Morgan fingerprint density at radius 1 is 1.39 bits per heavy atom. The Balaban J connectivity index is 1.81. The van der Waals surface area contributed by atoms with Crippen LogP contribution < -0.4 is 10.6 Å². The largest absolute Gasteiger partial charge is 0.361 e. The summed E-state index contributed by atoms with van der Waals surface area (Å²) in [6, 6.07) is 2.67. The molecule has 0 aromatic carbocycles. The summed E-state index contributed by atoms with van der Waals surface area (Å²) in [6.45, 7) is 4.04. The molecule has 2 fully saturated rings. The Morgan fingerprint density at radius 2 is 2.17 bits per heavy atom. The normalized spacial score (nSPS) is 31.2. The third-order valence-corrected chi connectivity index (χ3v) is 5.33. The standard InChI is InChI=1S/C13H18N4S/c1-8-12(5-14)13(18-16-8)17-6-9-2-3-11(15)4-10(9)7-17/h9-11H,2-4,6-7,15H2,1H3. The molecule has 3 atom stereocenters. The molecule has 0 spiro atoms. The lowest BCUT2D eigenvalue weighted by Gasteiger charge is -2.27. The highest BCUT2D eigenvalue weighted by Crippen LogP contribution is 2.40. The van der Waals surface area contributed by atoms with E-state index in [1.807, 2.05) is 6.92 Å². The number of fused-ring (bicyclic) bond motifs is 1. The highest BCUT2D eigenvalue weighted by Gasteiger charge is 2.38. The fourth-order valence-corrected chi connectivity index (χ4v) is 4.20. The Kier molecular flexibility index (Phi) is 3.00. The molecule has 96 valence electrons. The van der Waals surface area contributed by atoms with Crippen LogP contribution in [0, 0.1) is 30.1 Å². The van der Waals surface area contributed by atoms with Gasteiger partial charge in [0.05, 0.1) is 5.69 Å². The molecular formula is C13H18N4S. The number of anilines is 1. The van der Waals surface area contributed by atoms with E-state index in [-0.39, 0.29) is 0 Å². The summed E-state index contributed by atoms with van der Waals surface area (Å²) in [4.78, 5) is 2.36. The first-order chi connectivity index (χ1) is 8.69. The van der Waals surface area contributed by atoms with Gasteiger partial charge in [0.15, 0.2) is 0 Å². The van der Waals surface area contributed by atoms with Crippen molar-refractivity contribution in [2.75, 3.05) is 18.0 Å². The molecule has 4 nitrogen and oxygen atoms in total. The molecule has 1 aromatic rings. The Bertz CT molecular complexity index is 490. The number of hydrogen-bond acceptors (Lipinski definition) is 5. The topological polar surface area (TPSA) is 65.9 Å². The molecule has 1 aromatic heterocycles. The second-order valence-electron chi connectivity index (χ2n) is 5.56. The van der Waals surface area contributed by atoms with Gasteiger partial charge in [-0.05, 0) is 49.6 Å². The van der Waals surface area contributed by atoms with Crippen LogP contribution in [-0.4, -0.2) is 23.5 Å². The van der Waals surface area contributed by atoms with E-state index < -0.39 is 0 Å². The molecule has 2 aliphatic rings. The maximum atomic E-state index is 9.22. The molecular weight excluding hydrogens is 244 g/mol. The summed E-state index contributed by atoms with van der Waals surface area (Å²) in [5.41, 5.74) is 7.69. The molecule has 5 heteroatoms. The summed E-state index contributed by atoms with van der Waals surface area (Å²) in [5, 5.41) is 10.3. The third-order valence-electron chi connectivity index (χ3n) is 4.33. The molecule has 2 N–H and O–H groups in total. The van der Waals surface area contributed by atoms with E-state index >= 15 is 0 Å². The lowest BCUT2D eigenvalue weighted by atomic mass is 9.79. The fraction of sp³-hybridized carbons (Fsp3) is 0.692. The van der Waals surface area contributed by atoms with Crippen LogP contribution in [0.3, 0.4) is 0 Å². The van der Waals surface area contributed by atoms with Crippen LogP contribution in [0.25, 0.3) is 0 Å². The van der Waals surface area contributed by atoms with E-state index in [0.29, 0.717) is 12.0 Å². The number of nitrogens with two attached hydrogens (primary N) is 1. The molecule has 3 rings (SSSR count). The minimum absolute atomic E-state index is 0.379. The van der Waals surface area contributed by atoms with Crippen LogP contribution >= 0.6 is 11.5 Å². The molecule has 0 amide bonds. The first kappa shape index (κ1) is 11.9. The van der Waals surface area contributed by atoms with Crippen molar-refractivity contribution in [2.24, 2.45) is 17.6 Å². The van der Waals surface area contributed by atoms with Crippen molar-refractivity contribution in [3.63, 3.8) is 0 Å². The van der Waals surface area contributed by atoms with Crippen LogP contribution in [0.2, 0.25) is 0 Å². The van der Waals surface area contributed by atoms with Crippen LogP contribution in [0.4, 0.5) is 5.00 Å². The van der Waals surface area contributed by atoms with Gasteiger partial charge < -0.3 is 10.6 Å². The van der Waals surface area contributed by atoms with Crippen LogP contribution in [0.1, 0.15) is 30.5 Å². The highest BCUT2D eigenvalue weighted by atomic mass is 32.1. The van der Waals surface area contributed by atoms with Gasteiger partial charge in [-0.15, -0.1) is 0 Å². The van der Waals surface area contributed by atoms with Gasteiger partial charge in [0.1, 0.15) is 16.6 Å². The molecule has 1 aliphatic carbocycles. The smallest absolute Gasteiger partial charge is 0.130 e. The van der Waals surface area contributed by atoms with Crippen molar-refractivity contribution in [1.82, 2.24) is 4.37 Å². The van der Waals surface area contributed by atoms with Crippen LogP contribution in [0.5, 0.6) is 0 Å².